The largest absolute Gasteiger partial charge is 0.481 e. The van der Waals surface area contributed by atoms with Crippen molar-refractivity contribution in [1.82, 2.24) is 15.1 Å². The van der Waals surface area contributed by atoms with Crippen molar-refractivity contribution < 1.29 is 14.4 Å². The molecule has 1 fully saturated rings. The molecule has 1 saturated heterocycles. The van der Waals surface area contributed by atoms with E-state index < -0.39 is 5.97 Å². The van der Waals surface area contributed by atoms with Crippen LogP contribution < -0.4 is 4.90 Å². The third kappa shape index (κ3) is 3.49. The topological polar surface area (TPSA) is 92.4 Å². The maximum absolute atomic E-state index is 11.0. The number of hydrogen-bond donors (Lipinski definition) is 1. The lowest BCUT2D eigenvalue weighted by Crippen LogP contribution is -2.36. The Morgan fingerprint density at radius 1 is 1.43 bits per heavy atom. The summed E-state index contributed by atoms with van der Waals surface area (Å²) >= 11 is 0. The summed E-state index contributed by atoms with van der Waals surface area (Å²) in [4.78, 5) is 21.9. The van der Waals surface area contributed by atoms with E-state index in [1.54, 1.807) is 6.20 Å². The van der Waals surface area contributed by atoms with Crippen molar-refractivity contribution in [3.05, 3.63) is 24.2 Å². The predicted molar refractivity (Wildman–Crippen MR) is 84.1 cm³/mol. The van der Waals surface area contributed by atoms with Gasteiger partial charge in [-0.2, -0.15) is 4.98 Å². The van der Waals surface area contributed by atoms with Gasteiger partial charge in [-0.25, -0.2) is 4.98 Å². The Labute approximate surface area is 134 Å². The molecule has 0 amide bonds. The van der Waals surface area contributed by atoms with Gasteiger partial charge in [0.15, 0.2) is 5.82 Å². The second-order valence-electron chi connectivity index (χ2n) is 5.77. The Balaban J connectivity index is 1.73. The number of carboxylic acid groups (broad SMARTS) is 1. The van der Waals surface area contributed by atoms with Gasteiger partial charge in [0.05, 0.1) is 5.92 Å². The highest BCUT2D eigenvalue weighted by atomic mass is 16.5. The van der Waals surface area contributed by atoms with Crippen LogP contribution in [0.3, 0.4) is 0 Å². The van der Waals surface area contributed by atoms with E-state index in [0.29, 0.717) is 37.6 Å². The lowest BCUT2D eigenvalue weighted by atomic mass is 9.97. The van der Waals surface area contributed by atoms with Crippen LogP contribution in [0.25, 0.3) is 11.5 Å². The van der Waals surface area contributed by atoms with E-state index >= 15 is 0 Å². The minimum absolute atomic E-state index is 0.248. The summed E-state index contributed by atoms with van der Waals surface area (Å²) in [6, 6.07) is 3.76. The summed E-state index contributed by atoms with van der Waals surface area (Å²) < 4.78 is 5.31. The second-order valence-corrected chi connectivity index (χ2v) is 5.77. The van der Waals surface area contributed by atoms with Gasteiger partial charge in [0.2, 0.25) is 0 Å². The molecular weight excluding hydrogens is 296 g/mol. The number of carboxylic acids is 1. The molecule has 7 heteroatoms. The molecule has 0 saturated carbocycles. The van der Waals surface area contributed by atoms with Crippen LogP contribution >= 0.6 is 0 Å². The molecule has 1 N–H and O–H groups in total. The average Bonchev–Trinajstić information content (AvgIpc) is 3.04. The number of rotatable bonds is 5. The molecule has 3 heterocycles. The minimum Gasteiger partial charge on any atom is -0.481 e. The van der Waals surface area contributed by atoms with Crippen LogP contribution in [0.4, 0.5) is 5.82 Å². The van der Waals surface area contributed by atoms with Crippen molar-refractivity contribution in [2.75, 3.05) is 18.0 Å². The van der Waals surface area contributed by atoms with Crippen LogP contribution in [-0.4, -0.2) is 39.3 Å². The van der Waals surface area contributed by atoms with Crippen LogP contribution in [0.2, 0.25) is 0 Å². The lowest BCUT2D eigenvalue weighted by Gasteiger charge is -2.31. The molecule has 0 bridgehead atoms. The highest BCUT2D eigenvalue weighted by Gasteiger charge is 2.25. The highest BCUT2D eigenvalue weighted by molar-refractivity contribution is 5.70. The van der Waals surface area contributed by atoms with E-state index in [0.717, 1.165) is 24.2 Å². The van der Waals surface area contributed by atoms with Crippen LogP contribution in [0.1, 0.15) is 32.0 Å². The van der Waals surface area contributed by atoms with Gasteiger partial charge in [0, 0.05) is 31.3 Å². The third-order valence-electron chi connectivity index (χ3n) is 4.10. The summed E-state index contributed by atoms with van der Waals surface area (Å²) in [5.74, 6) is 1.07. The molecule has 23 heavy (non-hydrogen) atoms. The molecule has 122 valence electrons. The number of hydrogen-bond acceptors (Lipinski definition) is 6. The van der Waals surface area contributed by atoms with E-state index in [4.69, 9.17) is 9.63 Å². The molecule has 0 radical (unpaired) electrons. The number of piperidine rings is 1. The van der Waals surface area contributed by atoms with Gasteiger partial charge in [-0.1, -0.05) is 12.1 Å². The fraction of sp³-hybridized carbons (Fsp3) is 0.500. The van der Waals surface area contributed by atoms with Gasteiger partial charge in [0.1, 0.15) is 5.82 Å². The van der Waals surface area contributed by atoms with Crippen LogP contribution in [0, 0.1) is 5.92 Å². The normalized spacial score (nSPS) is 15.8. The van der Waals surface area contributed by atoms with Crippen molar-refractivity contribution >= 4 is 11.8 Å². The first-order valence-electron chi connectivity index (χ1n) is 7.94. The van der Waals surface area contributed by atoms with E-state index in [1.807, 2.05) is 12.1 Å². The number of pyridine rings is 1. The van der Waals surface area contributed by atoms with Crippen molar-refractivity contribution in [3.63, 3.8) is 0 Å². The predicted octanol–water partition coefficient (Wildman–Crippen LogP) is 2.39. The zero-order chi connectivity index (χ0) is 16.2. The quantitative estimate of drug-likeness (QED) is 0.905. The molecule has 2 aromatic rings. The molecular formula is C16H20N4O3. The summed E-state index contributed by atoms with van der Waals surface area (Å²) in [6.07, 6.45) is 4.77. The first-order valence-corrected chi connectivity index (χ1v) is 7.94. The average molecular weight is 316 g/mol. The van der Waals surface area contributed by atoms with Crippen molar-refractivity contribution in [2.45, 2.75) is 32.6 Å². The van der Waals surface area contributed by atoms with E-state index in [2.05, 4.69) is 26.9 Å². The summed E-state index contributed by atoms with van der Waals surface area (Å²) in [7, 11) is 0. The maximum Gasteiger partial charge on any atom is 0.306 e. The van der Waals surface area contributed by atoms with E-state index in [1.165, 1.54) is 0 Å². The van der Waals surface area contributed by atoms with Gasteiger partial charge in [-0.15, -0.1) is 0 Å². The SMILES string of the molecule is CCCc1noc(-c2ccnc(N3CCC(C(=O)O)CC3)c2)n1. The maximum atomic E-state index is 11.0. The molecule has 7 nitrogen and oxygen atoms in total. The van der Waals surface area contributed by atoms with Gasteiger partial charge < -0.3 is 14.5 Å². The molecule has 1 aliphatic rings. The summed E-state index contributed by atoms with van der Waals surface area (Å²) in [5.41, 5.74) is 0.838. The summed E-state index contributed by atoms with van der Waals surface area (Å²) in [5, 5.41) is 13.0. The molecule has 0 aromatic carbocycles. The lowest BCUT2D eigenvalue weighted by molar-refractivity contribution is -0.142. The van der Waals surface area contributed by atoms with E-state index in [-0.39, 0.29) is 5.92 Å². The zero-order valence-electron chi connectivity index (χ0n) is 13.1. The van der Waals surface area contributed by atoms with Crippen LogP contribution in [-0.2, 0) is 11.2 Å². The number of aromatic nitrogens is 3. The van der Waals surface area contributed by atoms with Crippen molar-refractivity contribution in [2.24, 2.45) is 5.92 Å². The standard InChI is InChI=1S/C16H20N4O3/c1-2-3-13-18-15(23-19-13)12-4-7-17-14(10-12)20-8-5-11(6-9-20)16(21)22/h4,7,10-11H,2-3,5-6,8-9H2,1H3,(H,21,22). The molecule has 2 aromatic heterocycles. The third-order valence-corrected chi connectivity index (χ3v) is 4.10. The Morgan fingerprint density at radius 2 is 2.22 bits per heavy atom. The van der Waals surface area contributed by atoms with Crippen molar-refractivity contribution in [1.29, 1.82) is 0 Å². The molecule has 0 atom stereocenters. The first-order chi connectivity index (χ1) is 11.2. The first kappa shape index (κ1) is 15.5. The molecule has 0 spiro atoms. The fourth-order valence-electron chi connectivity index (χ4n) is 2.78. The van der Waals surface area contributed by atoms with Gasteiger partial charge in [-0.05, 0) is 31.4 Å². The van der Waals surface area contributed by atoms with Gasteiger partial charge in [-0.3, -0.25) is 4.79 Å². The van der Waals surface area contributed by atoms with E-state index in [9.17, 15) is 4.79 Å². The smallest absolute Gasteiger partial charge is 0.306 e. The van der Waals surface area contributed by atoms with Crippen LogP contribution in [0.15, 0.2) is 22.9 Å². The fourth-order valence-corrected chi connectivity index (χ4v) is 2.78. The Morgan fingerprint density at radius 3 is 2.91 bits per heavy atom. The Kier molecular flexibility index (Phi) is 4.55. The summed E-state index contributed by atoms with van der Waals surface area (Å²) in [6.45, 7) is 3.46. The van der Waals surface area contributed by atoms with Crippen molar-refractivity contribution in [3.8, 4) is 11.5 Å². The van der Waals surface area contributed by atoms with Gasteiger partial charge >= 0.3 is 5.97 Å². The molecule has 3 rings (SSSR count). The zero-order valence-corrected chi connectivity index (χ0v) is 13.1. The molecule has 1 aliphatic heterocycles. The molecule has 0 aliphatic carbocycles. The number of aliphatic carboxylic acids is 1. The monoisotopic (exact) mass is 316 g/mol. The number of carbonyl (C=O) groups is 1. The second kappa shape index (κ2) is 6.76. The van der Waals surface area contributed by atoms with Gasteiger partial charge in [0.25, 0.3) is 5.89 Å². The molecule has 0 unspecified atom stereocenters. The Hall–Kier alpha value is -2.44. The van der Waals surface area contributed by atoms with Crippen LogP contribution in [0.5, 0.6) is 0 Å². The number of nitrogens with zero attached hydrogens (tertiary/aromatic N) is 4. The number of aryl methyl sites for hydroxylation is 1. The number of anilines is 1. The minimum atomic E-state index is -0.708. The highest BCUT2D eigenvalue weighted by Crippen LogP contribution is 2.25. The Bertz CT molecular complexity index is 677.